The van der Waals surface area contributed by atoms with E-state index in [9.17, 15) is 15.2 Å². The van der Waals surface area contributed by atoms with Crippen LogP contribution in [0.15, 0.2) is 24.3 Å². The van der Waals surface area contributed by atoms with Crippen LogP contribution in [-0.2, 0) is 5.41 Å². The summed E-state index contributed by atoms with van der Waals surface area (Å²) in [6, 6.07) is 8.54. The van der Waals surface area contributed by atoms with Crippen LogP contribution >= 0.6 is 0 Å². The van der Waals surface area contributed by atoms with Crippen molar-refractivity contribution in [3.05, 3.63) is 67.8 Å². The third-order valence-electron chi connectivity index (χ3n) is 8.72. The third-order valence-corrected chi connectivity index (χ3v) is 8.72. The summed E-state index contributed by atoms with van der Waals surface area (Å²) in [6.45, 7) is 7.72. The number of phenolic OH excluding ortho intramolecular Hbond substituents is 1. The van der Waals surface area contributed by atoms with Crippen molar-refractivity contribution in [1.82, 2.24) is 0 Å². The average Bonchev–Trinajstić information content (AvgIpc) is 3.36. The van der Waals surface area contributed by atoms with Gasteiger partial charge >= 0.3 is 0 Å². The number of hydrogen-bond acceptors (Lipinski definition) is 3. The van der Waals surface area contributed by atoms with Crippen LogP contribution in [0.3, 0.4) is 0 Å². The number of rotatable bonds is 3. The molecule has 158 valence electrons. The Morgan fingerprint density at radius 3 is 2.03 bits per heavy atom. The van der Waals surface area contributed by atoms with Crippen LogP contribution < -0.4 is 0 Å². The minimum atomic E-state index is -0.246. The highest BCUT2D eigenvalue weighted by atomic mass is 16.6. The van der Waals surface area contributed by atoms with Gasteiger partial charge in [-0.2, -0.15) is 0 Å². The minimum Gasteiger partial charge on any atom is -0.507 e. The van der Waals surface area contributed by atoms with Crippen LogP contribution in [0.25, 0.3) is 0 Å². The van der Waals surface area contributed by atoms with Crippen LogP contribution in [0.5, 0.6) is 5.75 Å². The lowest BCUT2D eigenvalue weighted by atomic mass is 9.59. The Hall–Kier alpha value is -2.36. The lowest BCUT2D eigenvalue weighted by Gasteiger charge is -2.44. The van der Waals surface area contributed by atoms with Gasteiger partial charge in [-0.1, -0.05) is 18.6 Å². The Morgan fingerprint density at radius 2 is 1.47 bits per heavy atom. The highest BCUT2D eigenvalue weighted by Gasteiger charge is 2.62. The first kappa shape index (κ1) is 19.6. The Bertz CT molecular complexity index is 1010. The van der Waals surface area contributed by atoms with E-state index in [4.69, 9.17) is 0 Å². The molecule has 5 atom stereocenters. The summed E-state index contributed by atoms with van der Waals surface area (Å²) in [4.78, 5) is 11.4. The van der Waals surface area contributed by atoms with Crippen molar-refractivity contribution in [3.63, 3.8) is 0 Å². The highest BCUT2D eigenvalue weighted by molar-refractivity contribution is 5.56. The van der Waals surface area contributed by atoms with E-state index in [1.807, 2.05) is 27.7 Å². The summed E-state index contributed by atoms with van der Waals surface area (Å²) < 4.78 is 0. The number of nitro benzene ring substituents is 1. The lowest BCUT2D eigenvalue weighted by molar-refractivity contribution is -0.386. The van der Waals surface area contributed by atoms with Gasteiger partial charge in [0.2, 0.25) is 0 Å². The van der Waals surface area contributed by atoms with Gasteiger partial charge in [-0.25, -0.2) is 0 Å². The topological polar surface area (TPSA) is 63.4 Å². The van der Waals surface area contributed by atoms with Gasteiger partial charge in [0.25, 0.3) is 5.69 Å². The van der Waals surface area contributed by atoms with Crippen LogP contribution in [0.4, 0.5) is 5.69 Å². The molecule has 0 heterocycles. The molecule has 5 unspecified atom stereocenters. The first-order valence-electron chi connectivity index (χ1n) is 11.3. The zero-order chi connectivity index (χ0) is 21.4. The fraction of sp³-hybridized carbons (Fsp3) is 0.538. The van der Waals surface area contributed by atoms with Crippen molar-refractivity contribution in [2.45, 2.75) is 65.2 Å². The highest BCUT2D eigenvalue weighted by Crippen LogP contribution is 2.68. The van der Waals surface area contributed by atoms with E-state index in [1.165, 1.54) is 36.8 Å². The molecule has 3 aliphatic rings. The molecular formula is C26H31NO3. The van der Waals surface area contributed by atoms with E-state index >= 15 is 0 Å². The lowest BCUT2D eigenvalue weighted by Crippen LogP contribution is -2.40. The normalized spacial score (nSPS) is 31.9. The molecule has 2 aromatic carbocycles. The molecule has 0 amide bonds. The summed E-state index contributed by atoms with van der Waals surface area (Å²) in [5, 5.41) is 22.0. The van der Waals surface area contributed by atoms with Crippen molar-refractivity contribution in [2.24, 2.45) is 23.7 Å². The van der Waals surface area contributed by atoms with Gasteiger partial charge in [-0.05, 0) is 111 Å². The number of aryl methyl sites for hydroxylation is 4. The summed E-state index contributed by atoms with van der Waals surface area (Å²) in [5.74, 6) is 3.33. The number of aromatic hydroxyl groups is 1. The quantitative estimate of drug-likeness (QED) is 0.483. The number of nitro groups is 1. The van der Waals surface area contributed by atoms with Crippen LogP contribution in [0.2, 0.25) is 0 Å². The molecule has 2 aromatic rings. The van der Waals surface area contributed by atoms with Crippen molar-refractivity contribution < 1.29 is 10.0 Å². The fourth-order valence-corrected chi connectivity index (χ4v) is 7.69. The monoisotopic (exact) mass is 405 g/mol. The number of hydrogen-bond donors (Lipinski definition) is 1. The molecule has 5 rings (SSSR count). The van der Waals surface area contributed by atoms with Crippen molar-refractivity contribution >= 4 is 5.69 Å². The zero-order valence-corrected chi connectivity index (χ0v) is 18.4. The summed E-state index contributed by atoms with van der Waals surface area (Å²) in [6.07, 6.45) is 6.41. The second-order valence-corrected chi connectivity index (χ2v) is 10.2. The SMILES string of the molecule is Cc1cc(C2(c3cc(C)c([N+](=O)[O-])c(C)c3)CC3CC2C2CCCC32)cc(C)c1O. The van der Waals surface area contributed by atoms with E-state index in [1.54, 1.807) is 0 Å². The molecule has 0 spiro atoms. The van der Waals surface area contributed by atoms with Crippen LogP contribution in [0, 0.1) is 61.5 Å². The second-order valence-electron chi connectivity index (χ2n) is 10.2. The molecule has 4 heteroatoms. The predicted molar refractivity (Wildman–Crippen MR) is 118 cm³/mol. The van der Waals surface area contributed by atoms with E-state index in [-0.39, 0.29) is 16.0 Å². The standard InChI is InChI=1S/C26H31NO3/c1-14-8-19(9-15(2)24(14)27(29)30)26(20-10-16(3)25(28)17(4)11-20)13-18-12-23(26)22-7-5-6-21(18)22/h8-11,18,21-23,28H,5-7,12-13H2,1-4H3. The van der Waals surface area contributed by atoms with E-state index < -0.39 is 0 Å². The number of benzene rings is 2. The molecule has 0 aromatic heterocycles. The maximum absolute atomic E-state index is 11.6. The summed E-state index contributed by atoms with van der Waals surface area (Å²) in [5.41, 5.74) is 6.03. The molecule has 4 nitrogen and oxygen atoms in total. The minimum absolute atomic E-state index is 0.107. The maximum Gasteiger partial charge on any atom is 0.275 e. The molecule has 3 saturated carbocycles. The van der Waals surface area contributed by atoms with Gasteiger partial charge in [0.15, 0.2) is 0 Å². The zero-order valence-electron chi connectivity index (χ0n) is 18.4. The van der Waals surface area contributed by atoms with Crippen LogP contribution in [-0.4, -0.2) is 10.0 Å². The van der Waals surface area contributed by atoms with Gasteiger partial charge in [-0.3, -0.25) is 10.1 Å². The fourth-order valence-electron chi connectivity index (χ4n) is 7.69. The Kier molecular flexibility index (Phi) is 4.29. The largest absolute Gasteiger partial charge is 0.507 e. The first-order chi connectivity index (χ1) is 14.2. The number of nitrogens with zero attached hydrogens (tertiary/aromatic N) is 1. The van der Waals surface area contributed by atoms with E-state index in [0.717, 1.165) is 46.4 Å². The summed E-state index contributed by atoms with van der Waals surface area (Å²) >= 11 is 0. The molecule has 30 heavy (non-hydrogen) atoms. The molecular weight excluding hydrogens is 374 g/mol. The number of fused-ring (bicyclic) bond motifs is 5. The van der Waals surface area contributed by atoms with Crippen molar-refractivity contribution in [2.75, 3.05) is 0 Å². The molecule has 3 fully saturated rings. The first-order valence-corrected chi connectivity index (χ1v) is 11.3. The van der Waals surface area contributed by atoms with Crippen LogP contribution in [0.1, 0.15) is 65.5 Å². The van der Waals surface area contributed by atoms with Crippen molar-refractivity contribution in [3.8, 4) is 5.75 Å². The number of phenols is 1. The molecule has 3 aliphatic carbocycles. The third kappa shape index (κ3) is 2.52. The average molecular weight is 406 g/mol. The van der Waals surface area contributed by atoms with Gasteiger partial charge < -0.3 is 5.11 Å². The Labute approximate surface area is 178 Å². The van der Waals surface area contributed by atoms with E-state index in [0.29, 0.717) is 11.7 Å². The van der Waals surface area contributed by atoms with Gasteiger partial charge in [0.05, 0.1) is 4.92 Å². The van der Waals surface area contributed by atoms with Crippen molar-refractivity contribution in [1.29, 1.82) is 0 Å². The van der Waals surface area contributed by atoms with Gasteiger partial charge in [0, 0.05) is 16.5 Å². The molecule has 0 radical (unpaired) electrons. The van der Waals surface area contributed by atoms with E-state index in [2.05, 4.69) is 24.3 Å². The Balaban J connectivity index is 1.75. The maximum atomic E-state index is 11.6. The predicted octanol–water partition coefficient (Wildman–Crippen LogP) is 6.28. The molecule has 0 saturated heterocycles. The molecule has 1 N–H and O–H groups in total. The van der Waals surface area contributed by atoms with Gasteiger partial charge in [-0.15, -0.1) is 0 Å². The Morgan fingerprint density at radius 1 is 0.933 bits per heavy atom. The summed E-state index contributed by atoms with van der Waals surface area (Å²) in [7, 11) is 0. The smallest absolute Gasteiger partial charge is 0.275 e. The molecule has 2 bridgehead atoms. The molecule has 0 aliphatic heterocycles. The second kappa shape index (κ2) is 6.57. The van der Waals surface area contributed by atoms with Gasteiger partial charge in [0.1, 0.15) is 5.75 Å².